The summed E-state index contributed by atoms with van der Waals surface area (Å²) in [6.45, 7) is 2.00. The molecule has 0 atom stereocenters. The maximum Gasteiger partial charge on any atom is 0.390 e. The molecule has 1 rings (SSSR count). The number of carboxylic acid groups (broad SMARTS) is 1. The van der Waals surface area contributed by atoms with Crippen molar-refractivity contribution in [1.82, 2.24) is 14.8 Å². The normalized spacial score (nSPS) is 11.7. The second kappa shape index (κ2) is 6.82. The van der Waals surface area contributed by atoms with Gasteiger partial charge < -0.3 is 10.0 Å². The molecule has 1 aromatic rings. The molecule has 0 saturated carbocycles. The topological polar surface area (TPSA) is 71.2 Å². The van der Waals surface area contributed by atoms with Gasteiger partial charge in [-0.1, -0.05) is 11.8 Å². The Bertz CT molecular complexity index is 464. The zero-order valence-electron chi connectivity index (χ0n) is 11.0. The second-order valence-electron chi connectivity index (χ2n) is 4.00. The van der Waals surface area contributed by atoms with Crippen molar-refractivity contribution in [2.45, 2.75) is 31.2 Å². The van der Waals surface area contributed by atoms with Crippen LogP contribution >= 0.6 is 11.8 Å². The smallest absolute Gasteiger partial charge is 0.390 e. The van der Waals surface area contributed by atoms with E-state index in [-0.39, 0.29) is 12.3 Å². The third kappa shape index (κ3) is 4.91. The molecule has 114 valence electrons. The number of aliphatic carboxylic acids is 1. The Hall–Kier alpha value is -1.45. The third-order valence-corrected chi connectivity index (χ3v) is 3.36. The van der Waals surface area contributed by atoms with Crippen molar-refractivity contribution in [3.63, 3.8) is 0 Å². The third-order valence-electron chi connectivity index (χ3n) is 2.41. The standard InChI is InChI=1S/C10H15F3N4O2S/c1-3-17-8(16(2)5-4-10(11,12)13)14-15-9(17)20-6-7(18)19/h3-6H2,1-2H3,(H,18,19). The highest BCUT2D eigenvalue weighted by Gasteiger charge is 2.28. The molecule has 0 bridgehead atoms. The van der Waals surface area contributed by atoms with Crippen LogP contribution in [0.3, 0.4) is 0 Å². The van der Waals surface area contributed by atoms with Crippen molar-refractivity contribution in [2.75, 3.05) is 24.2 Å². The SMILES string of the molecule is CCn1c(SCC(=O)O)nnc1N(C)CCC(F)(F)F. The van der Waals surface area contributed by atoms with E-state index >= 15 is 0 Å². The van der Waals surface area contributed by atoms with Crippen LogP contribution in [0, 0.1) is 0 Å². The first kappa shape index (κ1) is 16.6. The lowest BCUT2D eigenvalue weighted by atomic mass is 10.4. The molecule has 1 heterocycles. The number of aromatic nitrogens is 3. The van der Waals surface area contributed by atoms with Crippen LogP contribution < -0.4 is 4.90 Å². The number of rotatable bonds is 7. The number of thioether (sulfide) groups is 1. The molecule has 20 heavy (non-hydrogen) atoms. The number of alkyl halides is 3. The number of carbonyl (C=O) groups is 1. The molecule has 1 N–H and O–H groups in total. The summed E-state index contributed by atoms with van der Waals surface area (Å²) >= 11 is 0.983. The molecule has 0 aromatic carbocycles. The number of hydrogen-bond acceptors (Lipinski definition) is 5. The highest BCUT2D eigenvalue weighted by molar-refractivity contribution is 7.99. The van der Waals surface area contributed by atoms with Gasteiger partial charge >= 0.3 is 12.1 Å². The Morgan fingerprint density at radius 1 is 1.45 bits per heavy atom. The first-order valence-corrected chi connectivity index (χ1v) is 6.78. The molecule has 0 radical (unpaired) electrons. The fourth-order valence-electron chi connectivity index (χ4n) is 1.47. The first-order valence-electron chi connectivity index (χ1n) is 5.80. The summed E-state index contributed by atoms with van der Waals surface area (Å²) in [6.07, 6.45) is -5.18. The van der Waals surface area contributed by atoms with Gasteiger partial charge in [-0.05, 0) is 6.92 Å². The van der Waals surface area contributed by atoms with E-state index in [1.54, 1.807) is 11.5 Å². The molecular weight excluding hydrogens is 297 g/mol. The lowest BCUT2D eigenvalue weighted by Crippen LogP contribution is -2.26. The van der Waals surface area contributed by atoms with Gasteiger partial charge in [0.1, 0.15) is 0 Å². The van der Waals surface area contributed by atoms with Crippen molar-refractivity contribution in [1.29, 1.82) is 0 Å². The summed E-state index contributed by atoms with van der Waals surface area (Å²) < 4.78 is 38.2. The second-order valence-corrected chi connectivity index (χ2v) is 4.94. The van der Waals surface area contributed by atoms with Crippen molar-refractivity contribution < 1.29 is 23.1 Å². The maximum atomic E-state index is 12.2. The first-order chi connectivity index (χ1) is 9.24. The van der Waals surface area contributed by atoms with E-state index in [4.69, 9.17) is 5.11 Å². The number of nitrogens with zero attached hydrogens (tertiary/aromatic N) is 4. The molecule has 0 fully saturated rings. The average molecular weight is 312 g/mol. The maximum absolute atomic E-state index is 12.2. The highest BCUT2D eigenvalue weighted by Crippen LogP contribution is 2.24. The predicted octanol–water partition coefficient (Wildman–Crippen LogP) is 1.86. The molecule has 0 unspecified atom stereocenters. The fourth-order valence-corrected chi connectivity index (χ4v) is 2.19. The van der Waals surface area contributed by atoms with Crippen LogP contribution in [0.4, 0.5) is 19.1 Å². The molecule has 0 amide bonds. The van der Waals surface area contributed by atoms with Crippen LogP contribution in [-0.4, -0.2) is 51.4 Å². The lowest BCUT2D eigenvalue weighted by Gasteiger charge is -2.19. The summed E-state index contributed by atoms with van der Waals surface area (Å²) in [4.78, 5) is 11.9. The minimum Gasteiger partial charge on any atom is -0.481 e. The van der Waals surface area contributed by atoms with Gasteiger partial charge in [-0.3, -0.25) is 9.36 Å². The minimum atomic E-state index is -4.23. The van der Waals surface area contributed by atoms with Gasteiger partial charge in [-0.15, -0.1) is 10.2 Å². The van der Waals surface area contributed by atoms with Gasteiger partial charge in [0.2, 0.25) is 5.95 Å². The molecule has 0 spiro atoms. The molecule has 10 heteroatoms. The Labute approximate surface area is 118 Å². The average Bonchev–Trinajstić information content (AvgIpc) is 2.75. The van der Waals surface area contributed by atoms with Crippen molar-refractivity contribution in [3.05, 3.63) is 0 Å². The number of hydrogen-bond donors (Lipinski definition) is 1. The van der Waals surface area contributed by atoms with Gasteiger partial charge in [0.15, 0.2) is 5.16 Å². The quantitative estimate of drug-likeness (QED) is 0.775. The summed E-state index contributed by atoms with van der Waals surface area (Å²) in [6, 6.07) is 0. The van der Waals surface area contributed by atoms with Crippen LogP contribution in [0.1, 0.15) is 13.3 Å². The van der Waals surface area contributed by atoms with Crippen LogP contribution in [0.15, 0.2) is 5.16 Å². The van der Waals surface area contributed by atoms with Crippen molar-refractivity contribution in [2.24, 2.45) is 0 Å². The Morgan fingerprint density at radius 3 is 2.60 bits per heavy atom. The van der Waals surface area contributed by atoms with E-state index in [0.29, 0.717) is 17.6 Å². The predicted molar refractivity (Wildman–Crippen MR) is 68.0 cm³/mol. The van der Waals surface area contributed by atoms with Gasteiger partial charge in [0.25, 0.3) is 0 Å². The molecular formula is C10H15F3N4O2S. The van der Waals surface area contributed by atoms with E-state index in [1.165, 1.54) is 11.9 Å². The van der Waals surface area contributed by atoms with E-state index in [0.717, 1.165) is 11.8 Å². The van der Waals surface area contributed by atoms with Crippen molar-refractivity contribution >= 4 is 23.7 Å². The number of anilines is 1. The molecule has 6 nitrogen and oxygen atoms in total. The summed E-state index contributed by atoms with van der Waals surface area (Å²) in [5.74, 6) is -0.873. The fraction of sp³-hybridized carbons (Fsp3) is 0.700. The molecule has 1 aromatic heterocycles. The van der Waals surface area contributed by atoms with E-state index in [9.17, 15) is 18.0 Å². The molecule has 0 aliphatic carbocycles. The van der Waals surface area contributed by atoms with Gasteiger partial charge in [-0.2, -0.15) is 13.2 Å². The Morgan fingerprint density at radius 2 is 2.10 bits per heavy atom. The lowest BCUT2D eigenvalue weighted by molar-refractivity contribution is -0.134. The molecule has 0 aliphatic heterocycles. The summed E-state index contributed by atoms with van der Waals surface area (Å²) in [5.41, 5.74) is 0. The molecule has 0 aliphatic rings. The van der Waals surface area contributed by atoms with Gasteiger partial charge in [0, 0.05) is 20.1 Å². The molecule has 0 saturated heterocycles. The Kier molecular flexibility index (Phi) is 5.66. The van der Waals surface area contributed by atoms with Crippen LogP contribution in [0.2, 0.25) is 0 Å². The van der Waals surface area contributed by atoms with E-state index in [1.807, 2.05) is 0 Å². The summed E-state index contributed by atoms with van der Waals surface area (Å²) in [7, 11) is 1.49. The number of halogens is 3. The minimum absolute atomic E-state index is 0.176. The highest BCUT2D eigenvalue weighted by atomic mass is 32.2. The van der Waals surface area contributed by atoms with Crippen molar-refractivity contribution in [3.8, 4) is 0 Å². The van der Waals surface area contributed by atoms with Crippen LogP contribution in [-0.2, 0) is 11.3 Å². The largest absolute Gasteiger partial charge is 0.481 e. The van der Waals surface area contributed by atoms with Crippen LogP contribution in [0.25, 0.3) is 0 Å². The Balaban J connectivity index is 2.76. The number of carboxylic acids is 1. The van der Waals surface area contributed by atoms with Gasteiger partial charge in [0.05, 0.1) is 12.2 Å². The zero-order chi connectivity index (χ0) is 15.3. The zero-order valence-corrected chi connectivity index (χ0v) is 11.8. The van der Waals surface area contributed by atoms with Crippen LogP contribution in [0.5, 0.6) is 0 Å². The monoisotopic (exact) mass is 312 g/mol. The van der Waals surface area contributed by atoms with Gasteiger partial charge in [-0.25, -0.2) is 0 Å². The van der Waals surface area contributed by atoms with E-state index < -0.39 is 18.6 Å². The summed E-state index contributed by atoms with van der Waals surface area (Å²) in [5, 5.41) is 16.6. The van der Waals surface area contributed by atoms with E-state index in [2.05, 4.69) is 10.2 Å².